The zero-order valence-corrected chi connectivity index (χ0v) is 16.3. The van der Waals surface area contributed by atoms with E-state index in [1.165, 1.54) is 6.07 Å². The van der Waals surface area contributed by atoms with E-state index in [0.717, 1.165) is 23.2 Å². The first kappa shape index (κ1) is 20.5. The quantitative estimate of drug-likeness (QED) is 0.583. The number of rotatable bonds is 6. The van der Waals surface area contributed by atoms with Gasteiger partial charge < -0.3 is 14.8 Å². The Morgan fingerprint density at radius 1 is 1.29 bits per heavy atom. The first-order valence-corrected chi connectivity index (χ1v) is 9.99. The minimum Gasteiger partial charge on any atom is -0.357 e. The van der Waals surface area contributed by atoms with E-state index in [1.807, 2.05) is 22.7 Å². The van der Waals surface area contributed by atoms with Gasteiger partial charge in [0.2, 0.25) is 5.91 Å². The Morgan fingerprint density at radius 2 is 2.04 bits per heavy atom. The van der Waals surface area contributed by atoms with Crippen molar-refractivity contribution in [3.63, 3.8) is 0 Å². The molecule has 1 saturated heterocycles. The van der Waals surface area contributed by atoms with Gasteiger partial charge in [-0.3, -0.25) is 4.79 Å². The lowest BCUT2D eigenvalue weighted by molar-refractivity contribution is -0.137. The number of amides is 1. The van der Waals surface area contributed by atoms with Gasteiger partial charge >= 0.3 is 6.18 Å². The second kappa shape index (κ2) is 8.85. The zero-order valence-electron chi connectivity index (χ0n) is 15.4. The van der Waals surface area contributed by atoms with Crippen LogP contribution in [0.3, 0.4) is 0 Å². The second-order valence-electron chi connectivity index (χ2n) is 6.62. The Kier molecular flexibility index (Phi) is 6.48. The summed E-state index contributed by atoms with van der Waals surface area (Å²) in [7, 11) is 1.92. The number of alkyl halides is 3. The highest BCUT2D eigenvalue weighted by Gasteiger charge is 2.31. The molecule has 1 aliphatic heterocycles. The fourth-order valence-electron chi connectivity index (χ4n) is 3.06. The van der Waals surface area contributed by atoms with Gasteiger partial charge in [0, 0.05) is 56.9 Å². The molecule has 0 radical (unpaired) electrons. The average molecular weight is 413 g/mol. The molecule has 28 heavy (non-hydrogen) atoms. The van der Waals surface area contributed by atoms with Crippen LogP contribution in [0, 0.1) is 5.92 Å². The van der Waals surface area contributed by atoms with Crippen LogP contribution in [0.25, 0.3) is 0 Å². The van der Waals surface area contributed by atoms with E-state index < -0.39 is 11.7 Å². The SMILES string of the molecule is Cn1ccnc1SCCNC(=O)C1CCN(c2ccc(C(F)(F)F)cn2)CC1. The fraction of sp³-hybridized carbons (Fsp3) is 0.500. The molecule has 0 aliphatic carbocycles. The van der Waals surface area contributed by atoms with Crippen molar-refractivity contribution >= 4 is 23.5 Å². The molecule has 0 saturated carbocycles. The highest BCUT2D eigenvalue weighted by molar-refractivity contribution is 7.99. The third-order valence-corrected chi connectivity index (χ3v) is 5.73. The molecule has 152 valence electrons. The van der Waals surface area contributed by atoms with Gasteiger partial charge in [0.1, 0.15) is 5.82 Å². The lowest BCUT2D eigenvalue weighted by Crippen LogP contribution is -2.41. The number of pyridine rings is 1. The summed E-state index contributed by atoms with van der Waals surface area (Å²) in [6.07, 6.45) is 1.39. The molecule has 0 bridgehead atoms. The number of imidazole rings is 1. The van der Waals surface area contributed by atoms with Crippen LogP contribution in [-0.4, -0.2) is 45.8 Å². The second-order valence-corrected chi connectivity index (χ2v) is 7.69. The molecule has 3 rings (SSSR count). The predicted octanol–water partition coefficient (Wildman–Crippen LogP) is 2.96. The molecule has 1 fully saturated rings. The van der Waals surface area contributed by atoms with Crippen LogP contribution in [-0.2, 0) is 18.0 Å². The van der Waals surface area contributed by atoms with Crippen LogP contribution in [0.4, 0.5) is 19.0 Å². The molecule has 2 aromatic heterocycles. The Bertz CT molecular complexity index is 785. The number of aromatic nitrogens is 3. The molecule has 6 nitrogen and oxygen atoms in total. The summed E-state index contributed by atoms with van der Waals surface area (Å²) in [6.45, 7) is 1.76. The molecule has 3 heterocycles. The standard InChI is InChI=1S/C18H22F3N5OS/c1-25-10-6-23-17(25)28-11-7-22-16(27)13-4-8-26(9-5-13)15-3-2-14(12-24-15)18(19,20)21/h2-3,6,10,12-13H,4-5,7-9,11H2,1H3,(H,22,27). The van der Waals surface area contributed by atoms with E-state index in [-0.39, 0.29) is 11.8 Å². The van der Waals surface area contributed by atoms with Crippen molar-refractivity contribution in [2.45, 2.75) is 24.2 Å². The minimum atomic E-state index is -4.38. The number of hydrogen-bond donors (Lipinski definition) is 1. The summed E-state index contributed by atoms with van der Waals surface area (Å²) >= 11 is 1.58. The topological polar surface area (TPSA) is 63.1 Å². The maximum atomic E-state index is 12.6. The number of nitrogens with one attached hydrogen (secondary N) is 1. The van der Waals surface area contributed by atoms with E-state index in [4.69, 9.17) is 0 Å². The number of nitrogens with zero attached hydrogens (tertiary/aromatic N) is 4. The van der Waals surface area contributed by atoms with Gasteiger partial charge in [0.05, 0.1) is 5.56 Å². The van der Waals surface area contributed by atoms with Crippen LogP contribution < -0.4 is 10.2 Å². The summed E-state index contributed by atoms with van der Waals surface area (Å²) in [6, 6.07) is 2.43. The molecular weight excluding hydrogens is 391 g/mol. The van der Waals surface area contributed by atoms with E-state index in [2.05, 4.69) is 15.3 Å². The maximum absolute atomic E-state index is 12.6. The van der Waals surface area contributed by atoms with Crippen LogP contribution in [0.15, 0.2) is 35.9 Å². The van der Waals surface area contributed by atoms with Crippen molar-refractivity contribution in [3.8, 4) is 0 Å². The number of anilines is 1. The van der Waals surface area contributed by atoms with Crippen LogP contribution in [0.5, 0.6) is 0 Å². The van der Waals surface area contributed by atoms with Gasteiger partial charge in [-0.05, 0) is 25.0 Å². The monoisotopic (exact) mass is 413 g/mol. The van der Waals surface area contributed by atoms with Gasteiger partial charge in [-0.2, -0.15) is 13.2 Å². The Labute approximate surface area is 165 Å². The van der Waals surface area contributed by atoms with E-state index in [0.29, 0.717) is 38.3 Å². The molecule has 2 aromatic rings. The lowest BCUT2D eigenvalue weighted by atomic mass is 9.96. The summed E-state index contributed by atoms with van der Waals surface area (Å²) in [5.41, 5.74) is -0.756. The molecule has 1 aliphatic rings. The van der Waals surface area contributed by atoms with Crippen molar-refractivity contribution in [1.82, 2.24) is 19.9 Å². The number of hydrogen-bond acceptors (Lipinski definition) is 5. The van der Waals surface area contributed by atoms with Gasteiger partial charge in [0.15, 0.2) is 5.16 Å². The van der Waals surface area contributed by atoms with Crippen LogP contribution in [0.1, 0.15) is 18.4 Å². The summed E-state index contributed by atoms with van der Waals surface area (Å²) in [5.74, 6) is 1.20. The Morgan fingerprint density at radius 3 is 2.61 bits per heavy atom. The van der Waals surface area contributed by atoms with Crippen LogP contribution >= 0.6 is 11.8 Å². The number of aryl methyl sites for hydroxylation is 1. The normalized spacial score (nSPS) is 15.6. The number of piperidine rings is 1. The van der Waals surface area contributed by atoms with E-state index in [9.17, 15) is 18.0 Å². The molecule has 0 spiro atoms. The molecule has 1 amide bonds. The Hall–Kier alpha value is -2.23. The summed E-state index contributed by atoms with van der Waals surface area (Å²) < 4.78 is 39.8. The maximum Gasteiger partial charge on any atom is 0.417 e. The largest absolute Gasteiger partial charge is 0.417 e. The van der Waals surface area contributed by atoms with Crippen molar-refractivity contribution in [3.05, 3.63) is 36.3 Å². The van der Waals surface area contributed by atoms with Crippen molar-refractivity contribution in [1.29, 1.82) is 0 Å². The van der Waals surface area contributed by atoms with Crippen LogP contribution in [0.2, 0.25) is 0 Å². The minimum absolute atomic E-state index is 0.0282. The summed E-state index contributed by atoms with van der Waals surface area (Å²) in [5, 5.41) is 3.87. The molecule has 1 N–H and O–H groups in total. The fourth-order valence-corrected chi connectivity index (χ4v) is 3.85. The van der Waals surface area contributed by atoms with Crippen molar-refractivity contribution in [2.24, 2.45) is 13.0 Å². The molecule has 0 unspecified atom stereocenters. The van der Waals surface area contributed by atoms with Gasteiger partial charge in [-0.1, -0.05) is 11.8 Å². The Balaban J connectivity index is 1.40. The molecular formula is C18H22F3N5OS. The average Bonchev–Trinajstić information content (AvgIpc) is 3.09. The third kappa shape index (κ3) is 5.18. The summed E-state index contributed by atoms with van der Waals surface area (Å²) in [4.78, 5) is 22.4. The number of carbonyl (C=O) groups is 1. The van der Waals surface area contributed by atoms with Gasteiger partial charge in [-0.15, -0.1) is 0 Å². The van der Waals surface area contributed by atoms with Crippen molar-refractivity contribution < 1.29 is 18.0 Å². The first-order valence-electron chi connectivity index (χ1n) is 9.00. The highest BCUT2D eigenvalue weighted by Crippen LogP contribution is 2.30. The van der Waals surface area contributed by atoms with Gasteiger partial charge in [0.25, 0.3) is 0 Å². The number of halogens is 3. The number of thioether (sulfide) groups is 1. The predicted molar refractivity (Wildman–Crippen MR) is 101 cm³/mol. The van der Waals surface area contributed by atoms with E-state index in [1.54, 1.807) is 18.0 Å². The zero-order chi connectivity index (χ0) is 20.1. The molecule has 10 heteroatoms. The first-order chi connectivity index (χ1) is 13.3. The lowest BCUT2D eigenvalue weighted by Gasteiger charge is -2.32. The highest BCUT2D eigenvalue weighted by atomic mass is 32.2. The third-order valence-electron chi connectivity index (χ3n) is 4.67. The van der Waals surface area contributed by atoms with E-state index >= 15 is 0 Å². The molecule has 0 atom stereocenters. The molecule has 0 aromatic carbocycles. The smallest absolute Gasteiger partial charge is 0.357 e. The van der Waals surface area contributed by atoms with Crippen molar-refractivity contribution in [2.75, 3.05) is 30.3 Å². The number of carbonyl (C=O) groups excluding carboxylic acids is 1. The van der Waals surface area contributed by atoms with Gasteiger partial charge in [-0.25, -0.2) is 9.97 Å².